The quantitative estimate of drug-likeness (QED) is 0.885. The summed E-state index contributed by atoms with van der Waals surface area (Å²) in [4.78, 5) is 12.3. The number of nitrogens with zero attached hydrogens (tertiary/aromatic N) is 1. The number of carbonyl (C=O) groups excluding carboxylic acids is 1. The molecule has 0 saturated heterocycles. The number of carbonyl (C=O) groups is 1. The molecule has 0 saturated carbocycles. The Morgan fingerprint density at radius 3 is 3.06 bits per heavy atom. The Balaban J connectivity index is 1.99. The van der Waals surface area contributed by atoms with E-state index in [0.717, 1.165) is 11.3 Å². The van der Waals surface area contributed by atoms with E-state index in [4.69, 9.17) is 11.6 Å². The van der Waals surface area contributed by atoms with Crippen LogP contribution in [0.2, 0.25) is 5.02 Å². The molecule has 2 aromatic heterocycles. The van der Waals surface area contributed by atoms with Gasteiger partial charge in [-0.3, -0.25) is 9.89 Å². The van der Waals surface area contributed by atoms with Crippen molar-refractivity contribution in [2.75, 3.05) is 0 Å². The monoisotopic (exact) mass is 255 g/mol. The van der Waals surface area contributed by atoms with Crippen LogP contribution in [0.1, 0.15) is 20.9 Å². The molecule has 6 heteroatoms. The maximum absolute atomic E-state index is 11.7. The highest BCUT2D eigenvalue weighted by Crippen LogP contribution is 2.21. The van der Waals surface area contributed by atoms with Crippen LogP contribution in [0, 0.1) is 6.92 Å². The van der Waals surface area contributed by atoms with Crippen molar-refractivity contribution in [1.82, 2.24) is 15.5 Å². The highest BCUT2D eigenvalue weighted by atomic mass is 35.5. The number of H-pyrrole nitrogens is 1. The van der Waals surface area contributed by atoms with Gasteiger partial charge in [-0.05, 0) is 18.4 Å². The Morgan fingerprint density at radius 2 is 2.50 bits per heavy atom. The lowest BCUT2D eigenvalue weighted by atomic mass is 10.2. The van der Waals surface area contributed by atoms with E-state index >= 15 is 0 Å². The van der Waals surface area contributed by atoms with Crippen molar-refractivity contribution < 1.29 is 4.79 Å². The highest BCUT2D eigenvalue weighted by Gasteiger charge is 2.11. The number of hydrogen-bond acceptors (Lipinski definition) is 3. The molecule has 1 amide bonds. The van der Waals surface area contributed by atoms with Gasteiger partial charge in [0.15, 0.2) is 0 Å². The summed E-state index contributed by atoms with van der Waals surface area (Å²) in [6, 6.07) is 1.71. The second-order valence-corrected chi connectivity index (χ2v) is 4.62. The van der Waals surface area contributed by atoms with Crippen LogP contribution in [0.25, 0.3) is 0 Å². The molecule has 2 rings (SSSR count). The number of thiophene rings is 1. The molecule has 0 atom stereocenters. The predicted octanol–water partition coefficient (Wildman–Crippen LogP) is 2.36. The van der Waals surface area contributed by atoms with E-state index in [2.05, 4.69) is 15.5 Å². The minimum absolute atomic E-state index is 0.152. The third-order valence-corrected chi connectivity index (χ3v) is 3.54. The zero-order valence-electron chi connectivity index (χ0n) is 8.58. The Kier molecular flexibility index (Phi) is 3.26. The Labute approximate surface area is 102 Å². The largest absolute Gasteiger partial charge is 0.347 e. The van der Waals surface area contributed by atoms with Gasteiger partial charge in [0.2, 0.25) is 0 Å². The second kappa shape index (κ2) is 4.67. The molecule has 2 heterocycles. The number of hydrogen-bond donors (Lipinski definition) is 2. The average Bonchev–Trinajstić information content (AvgIpc) is 2.84. The van der Waals surface area contributed by atoms with Gasteiger partial charge in [0.05, 0.1) is 11.2 Å². The zero-order valence-corrected chi connectivity index (χ0v) is 10.2. The Hall–Kier alpha value is -1.33. The van der Waals surface area contributed by atoms with Gasteiger partial charge >= 0.3 is 0 Å². The lowest BCUT2D eigenvalue weighted by molar-refractivity contribution is 0.0955. The molecular weight excluding hydrogens is 246 g/mol. The third kappa shape index (κ3) is 2.25. The molecule has 0 aliphatic rings. The summed E-state index contributed by atoms with van der Waals surface area (Å²) < 4.78 is 0. The SMILES string of the molecule is Cc1[nH]ncc1CNC(=O)c1sccc1Cl. The van der Waals surface area contributed by atoms with Crippen LogP contribution in [-0.2, 0) is 6.54 Å². The molecular formula is C10H10ClN3OS. The van der Waals surface area contributed by atoms with E-state index in [0.29, 0.717) is 16.4 Å². The molecule has 0 aliphatic carbocycles. The third-order valence-electron chi connectivity index (χ3n) is 2.20. The maximum Gasteiger partial charge on any atom is 0.263 e. The topological polar surface area (TPSA) is 57.8 Å². The van der Waals surface area contributed by atoms with E-state index < -0.39 is 0 Å². The number of halogens is 1. The van der Waals surface area contributed by atoms with Gasteiger partial charge in [-0.1, -0.05) is 11.6 Å². The normalized spacial score (nSPS) is 10.4. The molecule has 2 N–H and O–H groups in total. The van der Waals surface area contributed by atoms with Crippen LogP contribution in [0.3, 0.4) is 0 Å². The number of rotatable bonds is 3. The molecule has 0 spiro atoms. The molecule has 0 bridgehead atoms. The fourth-order valence-corrected chi connectivity index (χ4v) is 2.32. The lowest BCUT2D eigenvalue weighted by Crippen LogP contribution is -2.22. The van der Waals surface area contributed by atoms with Gasteiger partial charge in [0.25, 0.3) is 5.91 Å². The standard InChI is InChI=1S/C10H10ClN3OS/c1-6-7(5-13-14-6)4-12-10(15)9-8(11)2-3-16-9/h2-3,5H,4H2,1H3,(H,12,15)(H,13,14). The smallest absolute Gasteiger partial charge is 0.263 e. The van der Waals surface area contributed by atoms with Gasteiger partial charge in [-0.15, -0.1) is 11.3 Å². The predicted molar refractivity (Wildman–Crippen MR) is 63.8 cm³/mol. The van der Waals surface area contributed by atoms with Gasteiger partial charge in [-0.25, -0.2) is 0 Å². The van der Waals surface area contributed by atoms with E-state index in [9.17, 15) is 4.79 Å². The first-order valence-corrected chi connectivity index (χ1v) is 5.94. The Bertz CT molecular complexity index is 506. The lowest BCUT2D eigenvalue weighted by Gasteiger charge is -2.02. The van der Waals surface area contributed by atoms with Gasteiger partial charge in [0, 0.05) is 17.8 Å². The first-order chi connectivity index (χ1) is 7.68. The van der Waals surface area contributed by atoms with E-state index in [1.54, 1.807) is 17.6 Å². The molecule has 0 aliphatic heterocycles. The van der Waals surface area contributed by atoms with E-state index in [1.165, 1.54) is 11.3 Å². The van der Waals surface area contributed by atoms with Crippen molar-refractivity contribution in [2.24, 2.45) is 0 Å². The summed E-state index contributed by atoms with van der Waals surface area (Å²) in [5.74, 6) is -0.152. The summed E-state index contributed by atoms with van der Waals surface area (Å²) in [6.07, 6.45) is 1.70. The van der Waals surface area contributed by atoms with E-state index in [1.807, 2.05) is 6.92 Å². The Morgan fingerprint density at radius 1 is 1.69 bits per heavy atom. The fraction of sp³-hybridized carbons (Fsp3) is 0.200. The van der Waals surface area contributed by atoms with Crippen molar-refractivity contribution in [3.63, 3.8) is 0 Å². The van der Waals surface area contributed by atoms with Gasteiger partial charge in [-0.2, -0.15) is 5.10 Å². The second-order valence-electron chi connectivity index (χ2n) is 3.30. The van der Waals surface area contributed by atoms with Gasteiger partial charge < -0.3 is 5.32 Å². The van der Waals surface area contributed by atoms with Gasteiger partial charge in [0.1, 0.15) is 4.88 Å². The van der Waals surface area contributed by atoms with Crippen LogP contribution < -0.4 is 5.32 Å². The fourth-order valence-electron chi connectivity index (χ4n) is 1.27. The number of amides is 1. The van der Waals surface area contributed by atoms with Crippen LogP contribution in [0.15, 0.2) is 17.6 Å². The minimum Gasteiger partial charge on any atom is -0.347 e. The summed E-state index contributed by atoms with van der Waals surface area (Å²) in [5.41, 5.74) is 1.93. The van der Waals surface area contributed by atoms with Crippen LogP contribution in [0.5, 0.6) is 0 Å². The summed E-state index contributed by atoms with van der Waals surface area (Å²) in [5, 5.41) is 11.8. The summed E-state index contributed by atoms with van der Waals surface area (Å²) in [6.45, 7) is 2.36. The molecule has 16 heavy (non-hydrogen) atoms. The van der Waals surface area contributed by atoms with E-state index in [-0.39, 0.29) is 5.91 Å². The number of aromatic amines is 1. The molecule has 4 nitrogen and oxygen atoms in total. The summed E-state index contributed by atoms with van der Waals surface area (Å²) >= 11 is 7.19. The van der Waals surface area contributed by atoms with Crippen molar-refractivity contribution in [2.45, 2.75) is 13.5 Å². The highest BCUT2D eigenvalue weighted by molar-refractivity contribution is 7.12. The number of aromatic nitrogens is 2. The zero-order chi connectivity index (χ0) is 11.5. The average molecular weight is 256 g/mol. The molecule has 0 fully saturated rings. The summed E-state index contributed by atoms with van der Waals surface area (Å²) in [7, 11) is 0. The van der Waals surface area contributed by atoms with Crippen molar-refractivity contribution >= 4 is 28.8 Å². The number of nitrogens with one attached hydrogen (secondary N) is 2. The molecule has 84 valence electrons. The molecule has 0 unspecified atom stereocenters. The first kappa shape index (κ1) is 11.2. The van der Waals surface area contributed by atoms with Crippen molar-refractivity contribution in [3.05, 3.63) is 38.8 Å². The molecule has 0 radical (unpaired) electrons. The maximum atomic E-state index is 11.7. The molecule has 2 aromatic rings. The van der Waals surface area contributed by atoms with Crippen LogP contribution in [-0.4, -0.2) is 16.1 Å². The van der Waals surface area contributed by atoms with Crippen molar-refractivity contribution in [3.8, 4) is 0 Å². The van der Waals surface area contributed by atoms with Crippen molar-refractivity contribution in [1.29, 1.82) is 0 Å². The number of aryl methyl sites for hydroxylation is 1. The van der Waals surface area contributed by atoms with Crippen LogP contribution in [0.4, 0.5) is 0 Å². The first-order valence-electron chi connectivity index (χ1n) is 4.68. The minimum atomic E-state index is -0.152. The molecule has 0 aromatic carbocycles. The van der Waals surface area contributed by atoms with Crippen LogP contribution >= 0.6 is 22.9 Å².